The lowest BCUT2D eigenvalue weighted by Gasteiger charge is -2.16. The fourth-order valence-electron chi connectivity index (χ4n) is 3.42. The van der Waals surface area contributed by atoms with E-state index >= 15 is 0 Å². The van der Waals surface area contributed by atoms with E-state index in [2.05, 4.69) is 5.32 Å². The number of carbonyl (C=O) groups is 2. The Morgan fingerprint density at radius 1 is 1.07 bits per heavy atom. The van der Waals surface area contributed by atoms with Gasteiger partial charge in [-0.05, 0) is 48.2 Å². The molecule has 6 heteroatoms. The average molecular weight is 366 g/mol. The number of likely N-dealkylation sites (tertiary alicyclic amines) is 1. The summed E-state index contributed by atoms with van der Waals surface area (Å²) in [7, 11) is 0. The Labute approximate surface area is 158 Å². The lowest BCUT2D eigenvalue weighted by Crippen LogP contribution is -2.26. The summed E-state index contributed by atoms with van der Waals surface area (Å²) in [6.45, 7) is 2.16. The van der Waals surface area contributed by atoms with E-state index in [1.165, 1.54) is 0 Å². The van der Waals surface area contributed by atoms with Crippen LogP contribution < -0.4 is 14.8 Å². The third-order valence-electron chi connectivity index (χ3n) is 4.87. The van der Waals surface area contributed by atoms with Gasteiger partial charge in [0.2, 0.25) is 12.7 Å². The van der Waals surface area contributed by atoms with E-state index in [-0.39, 0.29) is 18.6 Å². The zero-order valence-corrected chi connectivity index (χ0v) is 15.1. The minimum absolute atomic E-state index is 0.106. The maximum absolute atomic E-state index is 12.4. The van der Waals surface area contributed by atoms with Gasteiger partial charge in [-0.25, -0.2) is 0 Å². The highest BCUT2D eigenvalue weighted by Gasteiger charge is 2.20. The van der Waals surface area contributed by atoms with Crippen LogP contribution in [0.5, 0.6) is 11.5 Å². The molecule has 2 aromatic carbocycles. The lowest BCUT2D eigenvalue weighted by molar-refractivity contribution is -0.128. The Bertz CT molecular complexity index is 865. The average Bonchev–Trinajstić information content (AvgIpc) is 3.30. The summed E-state index contributed by atoms with van der Waals surface area (Å²) in [5.41, 5.74) is 2.68. The molecule has 2 amide bonds. The van der Waals surface area contributed by atoms with Gasteiger partial charge in [0.1, 0.15) is 0 Å². The van der Waals surface area contributed by atoms with E-state index in [1.54, 1.807) is 6.07 Å². The van der Waals surface area contributed by atoms with Crippen LogP contribution in [0, 0.1) is 0 Å². The standard InChI is InChI=1S/C21H22N2O4/c24-20-5-2-10-23(20)13-16-3-1-4-17(11-16)21(25)22-9-8-15-6-7-18-19(12-15)27-14-26-18/h1,3-4,6-7,11-12H,2,5,8-10,13-14H2,(H,22,25). The van der Waals surface area contributed by atoms with Crippen LogP contribution in [-0.4, -0.2) is 36.6 Å². The largest absolute Gasteiger partial charge is 0.454 e. The van der Waals surface area contributed by atoms with Gasteiger partial charge in [-0.2, -0.15) is 0 Å². The van der Waals surface area contributed by atoms with Gasteiger partial charge in [-0.3, -0.25) is 9.59 Å². The van der Waals surface area contributed by atoms with Crippen LogP contribution >= 0.6 is 0 Å². The van der Waals surface area contributed by atoms with Crippen molar-refractivity contribution in [2.24, 2.45) is 0 Å². The second-order valence-corrected chi connectivity index (χ2v) is 6.81. The Morgan fingerprint density at radius 2 is 1.96 bits per heavy atom. The highest BCUT2D eigenvalue weighted by Crippen LogP contribution is 2.32. The molecule has 2 heterocycles. The molecule has 6 nitrogen and oxygen atoms in total. The number of fused-ring (bicyclic) bond motifs is 1. The Hall–Kier alpha value is -3.02. The number of nitrogens with one attached hydrogen (secondary N) is 1. The van der Waals surface area contributed by atoms with Gasteiger partial charge in [-0.1, -0.05) is 18.2 Å². The van der Waals surface area contributed by atoms with Crippen molar-refractivity contribution in [1.29, 1.82) is 0 Å². The Morgan fingerprint density at radius 3 is 2.81 bits per heavy atom. The van der Waals surface area contributed by atoms with E-state index in [0.717, 1.165) is 35.6 Å². The monoisotopic (exact) mass is 366 g/mol. The fraction of sp³-hybridized carbons (Fsp3) is 0.333. The summed E-state index contributed by atoms with van der Waals surface area (Å²) in [6, 6.07) is 13.3. The summed E-state index contributed by atoms with van der Waals surface area (Å²) < 4.78 is 10.7. The molecule has 1 saturated heterocycles. The zero-order valence-electron chi connectivity index (χ0n) is 15.1. The van der Waals surface area contributed by atoms with Crippen molar-refractivity contribution in [3.8, 4) is 11.5 Å². The van der Waals surface area contributed by atoms with Crippen LogP contribution in [0.4, 0.5) is 0 Å². The van der Waals surface area contributed by atoms with Crippen LogP contribution in [0.15, 0.2) is 42.5 Å². The summed E-state index contributed by atoms with van der Waals surface area (Å²) in [6.07, 6.45) is 2.25. The van der Waals surface area contributed by atoms with E-state index < -0.39 is 0 Å². The molecule has 0 atom stereocenters. The number of amides is 2. The second kappa shape index (κ2) is 7.70. The van der Waals surface area contributed by atoms with Crippen molar-refractivity contribution in [1.82, 2.24) is 10.2 Å². The summed E-state index contributed by atoms with van der Waals surface area (Å²) in [5, 5.41) is 2.95. The SMILES string of the molecule is O=C(NCCc1ccc2c(c1)OCO2)c1cccc(CN2CCCC2=O)c1. The van der Waals surface area contributed by atoms with Crippen LogP contribution in [0.3, 0.4) is 0 Å². The topological polar surface area (TPSA) is 67.9 Å². The van der Waals surface area contributed by atoms with Crippen molar-refractivity contribution in [2.75, 3.05) is 19.9 Å². The van der Waals surface area contributed by atoms with Gasteiger partial charge in [-0.15, -0.1) is 0 Å². The Balaban J connectivity index is 1.31. The maximum atomic E-state index is 12.4. The predicted molar refractivity (Wildman–Crippen MR) is 99.7 cm³/mol. The van der Waals surface area contributed by atoms with Crippen LogP contribution in [-0.2, 0) is 17.8 Å². The van der Waals surface area contributed by atoms with Gasteiger partial charge in [0.15, 0.2) is 11.5 Å². The number of ether oxygens (including phenoxy) is 2. The van der Waals surface area contributed by atoms with Crippen LogP contribution in [0.25, 0.3) is 0 Å². The number of carbonyl (C=O) groups excluding carboxylic acids is 2. The molecule has 27 heavy (non-hydrogen) atoms. The molecule has 0 bridgehead atoms. The van der Waals surface area contributed by atoms with E-state index in [9.17, 15) is 9.59 Å². The first-order chi connectivity index (χ1) is 13.2. The van der Waals surface area contributed by atoms with Crippen molar-refractivity contribution in [3.63, 3.8) is 0 Å². The highest BCUT2D eigenvalue weighted by atomic mass is 16.7. The third-order valence-corrected chi connectivity index (χ3v) is 4.87. The molecule has 0 spiro atoms. The van der Waals surface area contributed by atoms with Crippen molar-refractivity contribution in [2.45, 2.75) is 25.8 Å². The fourth-order valence-corrected chi connectivity index (χ4v) is 3.42. The van der Waals surface area contributed by atoms with Crippen LogP contribution in [0.2, 0.25) is 0 Å². The van der Waals surface area contributed by atoms with E-state index in [4.69, 9.17) is 9.47 Å². The van der Waals surface area contributed by atoms with Gasteiger partial charge in [0.05, 0.1) is 0 Å². The molecule has 0 radical (unpaired) electrons. The molecule has 2 aliphatic rings. The van der Waals surface area contributed by atoms with E-state index in [0.29, 0.717) is 31.5 Å². The summed E-state index contributed by atoms with van der Waals surface area (Å²) in [5.74, 6) is 1.60. The Kier molecular flexibility index (Phi) is 4.96. The zero-order chi connectivity index (χ0) is 18.6. The maximum Gasteiger partial charge on any atom is 0.251 e. The van der Waals surface area contributed by atoms with Crippen molar-refractivity contribution >= 4 is 11.8 Å². The molecule has 1 fully saturated rings. The molecule has 0 aromatic heterocycles. The molecule has 0 unspecified atom stereocenters. The lowest BCUT2D eigenvalue weighted by atomic mass is 10.1. The van der Waals surface area contributed by atoms with Gasteiger partial charge in [0.25, 0.3) is 5.91 Å². The predicted octanol–water partition coefficient (Wildman–Crippen LogP) is 2.51. The third kappa shape index (κ3) is 4.05. The molecule has 0 aliphatic carbocycles. The molecule has 4 rings (SSSR count). The number of nitrogens with zero attached hydrogens (tertiary/aromatic N) is 1. The van der Waals surface area contributed by atoms with Crippen molar-refractivity contribution in [3.05, 3.63) is 59.2 Å². The van der Waals surface area contributed by atoms with Crippen LogP contribution in [0.1, 0.15) is 34.3 Å². The molecule has 0 saturated carbocycles. The second-order valence-electron chi connectivity index (χ2n) is 6.81. The molecule has 2 aromatic rings. The minimum atomic E-state index is -0.106. The smallest absolute Gasteiger partial charge is 0.251 e. The van der Waals surface area contributed by atoms with Gasteiger partial charge in [0, 0.05) is 31.6 Å². The first-order valence-corrected chi connectivity index (χ1v) is 9.22. The van der Waals surface area contributed by atoms with Gasteiger partial charge >= 0.3 is 0 Å². The van der Waals surface area contributed by atoms with Gasteiger partial charge < -0.3 is 19.7 Å². The molecular formula is C21H22N2O4. The normalized spacial score (nSPS) is 15.3. The first kappa shape index (κ1) is 17.4. The number of hydrogen-bond acceptors (Lipinski definition) is 4. The highest BCUT2D eigenvalue weighted by molar-refractivity contribution is 5.94. The number of benzene rings is 2. The number of rotatable bonds is 6. The van der Waals surface area contributed by atoms with Crippen molar-refractivity contribution < 1.29 is 19.1 Å². The minimum Gasteiger partial charge on any atom is -0.454 e. The summed E-state index contributed by atoms with van der Waals surface area (Å²) >= 11 is 0. The quantitative estimate of drug-likeness (QED) is 0.853. The summed E-state index contributed by atoms with van der Waals surface area (Å²) in [4.78, 5) is 26.1. The molecular weight excluding hydrogens is 344 g/mol. The van der Waals surface area contributed by atoms with E-state index in [1.807, 2.05) is 41.3 Å². The molecule has 140 valence electrons. The first-order valence-electron chi connectivity index (χ1n) is 9.22. The molecule has 1 N–H and O–H groups in total. The molecule has 2 aliphatic heterocycles. The number of hydrogen-bond donors (Lipinski definition) is 1.